The summed E-state index contributed by atoms with van der Waals surface area (Å²) in [6.45, 7) is 4.74. The first-order chi connectivity index (χ1) is 9.11. The molecule has 1 aliphatic rings. The summed E-state index contributed by atoms with van der Waals surface area (Å²) in [5.74, 6) is 0.109. The largest absolute Gasteiger partial charge is 0.335 e. The van der Waals surface area contributed by atoms with E-state index in [-0.39, 0.29) is 5.91 Å². The smallest absolute Gasteiger partial charge is 0.254 e. The van der Waals surface area contributed by atoms with E-state index in [1.54, 1.807) is 0 Å². The van der Waals surface area contributed by atoms with Gasteiger partial charge in [-0.3, -0.25) is 4.79 Å². The van der Waals surface area contributed by atoms with Gasteiger partial charge >= 0.3 is 0 Å². The van der Waals surface area contributed by atoms with Gasteiger partial charge in [0.15, 0.2) is 0 Å². The van der Waals surface area contributed by atoms with Crippen LogP contribution < -0.4 is 5.32 Å². The van der Waals surface area contributed by atoms with Crippen LogP contribution in [0.2, 0.25) is 0 Å². The van der Waals surface area contributed by atoms with Crippen molar-refractivity contribution in [2.75, 3.05) is 19.6 Å². The van der Waals surface area contributed by atoms with Gasteiger partial charge in [-0.2, -0.15) is 0 Å². The van der Waals surface area contributed by atoms with Gasteiger partial charge in [0, 0.05) is 33.6 Å². The van der Waals surface area contributed by atoms with Crippen molar-refractivity contribution in [2.45, 2.75) is 25.8 Å². The van der Waals surface area contributed by atoms with Crippen molar-refractivity contribution in [3.63, 3.8) is 0 Å². The number of likely N-dealkylation sites (N-methyl/N-ethyl adjacent to an activating group) is 1. The molecule has 1 aliphatic heterocycles. The molecule has 104 valence electrons. The molecular weight excluding hydrogens is 372 g/mol. The maximum absolute atomic E-state index is 12.6. The summed E-state index contributed by atoms with van der Waals surface area (Å²) < 4.78 is 1.84. The molecule has 1 N–H and O–H groups in total. The number of carbonyl (C=O) groups excluding carboxylic acids is 1. The fourth-order valence-electron chi connectivity index (χ4n) is 2.51. The molecule has 1 saturated heterocycles. The Labute approximate surface area is 131 Å². The SMILES string of the molecule is CCN(C(=O)c1cc(Br)cc(Br)c1)C1CCCNC1. The van der Waals surface area contributed by atoms with E-state index in [9.17, 15) is 4.79 Å². The molecule has 2 rings (SSSR count). The van der Waals surface area contributed by atoms with Crippen LogP contribution in [0.15, 0.2) is 27.1 Å². The van der Waals surface area contributed by atoms with Gasteiger partial charge in [0.1, 0.15) is 0 Å². The topological polar surface area (TPSA) is 32.3 Å². The zero-order chi connectivity index (χ0) is 13.8. The Balaban J connectivity index is 2.19. The van der Waals surface area contributed by atoms with Gasteiger partial charge in [-0.1, -0.05) is 31.9 Å². The van der Waals surface area contributed by atoms with E-state index in [0.29, 0.717) is 6.04 Å². The van der Waals surface area contributed by atoms with E-state index < -0.39 is 0 Å². The van der Waals surface area contributed by atoms with Crippen LogP contribution in [-0.2, 0) is 0 Å². The van der Waals surface area contributed by atoms with E-state index in [2.05, 4.69) is 37.2 Å². The molecule has 1 unspecified atom stereocenters. The summed E-state index contributed by atoms with van der Waals surface area (Å²) >= 11 is 6.87. The van der Waals surface area contributed by atoms with Crippen LogP contribution in [0.25, 0.3) is 0 Å². The molecule has 1 atom stereocenters. The van der Waals surface area contributed by atoms with E-state index in [1.807, 2.05) is 30.0 Å². The Hall–Kier alpha value is -0.390. The average Bonchev–Trinajstić information content (AvgIpc) is 2.39. The minimum absolute atomic E-state index is 0.109. The van der Waals surface area contributed by atoms with Crippen LogP contribution in [-0.4, -0.2) is 36.5 Å². The third kappa shape index (κ3) is 3.80. The quantitative estimate of drug-likeness (QED) is 0.858. The summed E-state index contributed by atoms with van der Waals surface area (Å²) in [5, 5.41) is 3.37. The number of nitrogens with one attached hydrogen (secondary N) is 1. The van der Waals surface area contributed by atoms with Crippen LogP contribution >= 0.6 is 31.9 Å². The van der Waals surface area contributed by atoms with Crippen molar-refractivity contribution in [2.24, 2.45) is 0 Å². The van der Waals surface area contributed by atoms with Crippen molar-refractivity contribution >= 4 is 37.8 Å². The highest BCUT2D eigenvalue weighted by Crippen LogP contribution is 2.22. The Morgan fingerprint density at radius 2 is 2.05 bits per heavy atom. The lowest BCUT2D eigenvalue weighted by atomic mass is 10.0. The van der Waals surface area contributed by atoms with E-state index in [0.717, 1.165) is 47.0 Å². The molecule has 5 heteroatoms. The van der Waals surface area contributed by atoms with Crippen molar-refractivity contribution < 1.29 is 4.79 Å². The Bertz CT molecular complexity index is 439. The fourth-order valence-corrected chi connectivity index (χ4v) is 3.80. The Morgan fingerprint density at radius 1 is 1.37 bits per heavy atom. The summed E-state index contributed by atoms with van der Waals surface area (Å²) in [4.78, 5) is 14.6. The number of halogens is 2. The highest BCUT2D eigenvalue weighted by atomic mass is 79.9. The van der Waals surface area contributed by atoms with Crippen LogP contribution in [0.1, 0.15) is 30.1 Å². The normalized spacial score (nSPS) is 19.2. The minimum atomic E-state index is 0.109. The van der Waals surface area contributed by atoms with Gasteiger partial charge in [0.25, 0.3) is 5.91 Å². The van der Waals surface area contributed by atoms with Crippen LogP contribution in [0.3, 0.4) is 0 Å². The third-order valence-electron chi connectivity index (χ3n) is 3.42. The first kappa shape index (κ1) is 15.0. The number of hydrogen-bond donors (Lipinski definition) is 1. The molecular formula is C14H18Br2N2O. The lowest BCUT2D eigenvalue weighted by Gasteiger charge is -2.34. The van der Waals surface area contributed by atoms with Gasteiger partial charge in [-0.25, -0.2) is 0 Å². The molecule has 0 bridgehead atoms. The second-order valence-electron chi connectivity index (χ2n) is 4.75. The molecule has 1 heterocycles. The van der Waals surface area contributed by atoms with Crippen LogP contribution in [0, 0.1) is 0 Å². The number of hydrogen-bond acceptors (Lipinski definition) is 2. The van der Waals surface area contributed by atoms with Gasteiger partial charge in [-0.05, 0) is 44.5 Å². The number of benzene rings is 1. The number of piperidine rings is 1. The van der Waals surface area contributed by atoms with Crippen molar-refractivity contribution in [1.29, 1.82) is 0 Å². The van der Waals surface area contributed by atoms with Crippen molar-refractivity contribution in [3.8, 4) is 0 Å². The fraction of sp³-hybridized carbons (Fsp3) is 0.500. The second-order valence-corrected chi connectivity index (χ2v) is 6.58. The number of carbonyl (C=O) groups is 1. The molecule has 1 aromatic carbocycles. The standard InChI is InChI=1S/C14H18Br2N2O/c1-2-18(13-4-3-5-17-9-13)14(19)10-6-11(15)8-12(16)7-10/h6-8,13,17H,2-5,9H2,1H3. The summed E-state index contributed by atoms with van der Waals surface area (Å²) in [6, 6.07) is 6.01. The van der Waals surface area contributed by atoms with Crippen LogP contribution in [0.4, 0.5) is 0 Å². The Morgan fingerprint density at radius 3 is 2.58 bits per heavy atom. The first-order valence-electron chi connectivity index (χ1n) is 6.59. The zero-order valence-corrected chi connectivity index (χ0v) is 14.1. The average molecular weight is 390 g/mol. The number of amides is 1. The lowest BCUT2D eigenvalue weighted by molar-refractivity contribution is 0.0662. The second kappa shape index (κ2) is 6.86. The van der Waals surface area contributed by atoms with E-state index >= 15 is 0 Å². The Kier molecular flexibility index (Phi) is 5.42. The highest BCUT2D eigenvalue weighted by molar-refractivity contribution is 9.11. The predicted molar refractivity (Wildman–Crippen MR) is 84.4 cm³/mol. The van der Waals surface area contributed by atoms with Crippen LogP contribution in [0.5, 0.6) is 0 Å². The number of nitrogens with zero attached hydrogens (tertiary/aromatic N) is 1. The molecule has 1 aromatic rings. The molecule has 0 aromatic heterocycles. The first-order valence-corrected chi connectivity index (χ1v) is 8.18. The minimum Gasteiger partial charge on any atom is -0.335 e. The molecule has 0 spiro atoms. The lowest BCUT2D eigenvalue weighted by Crippen LogP contribution is -2.48. The maximum Gasteiger partial charge on any atom is 0.254 e. The summed E-state index contributed by atoms with van der Waals surface area (Å²) in [5.41, 5.74) is 0.730. The van der Waals surface area contributed by atoms with Crippen molar-refractivity contribution in [1.82, 2.24) is 10.2 Å². The van der Waals surface area contributed by atoms with Gasteiger partial charge in [-0.15, -0.1) is 0 Å². The summed E-state index contributed by atoms with van der Waals surface area (Å²) in [7, 11) is 0. The maximum atomic E-state index is 12.6. The third-order valence-corrected chi connectivity index (χ3v) is 4.34. The van der Waals surface area contributed by atoms with Gasteiger partial charge in [0.05, 0.1) is 0 Å². The van der Waals surface area contributed by atoms with Gasteiger partial charge in [0.2, 0.25) is 0 Å². The zero-order valence-electron chi connectivity index (χ0n) is 11.0. The molecule has 19 heavy (non-hydrogen) atoms. The van der Waals surface area contributed by atoms with Gasteiger partial charge < -0.3 is 10.2 Å². The van der Waals surface area contributed by atoms with E-state index in [4.69, 9.17) is 0 Å². The molecule has 0 saturated carbocycles. The predicted octanol–water partition coefficient (Wildman–Crippen LogP) is 3.43. The monoisotopic (exact) mass is 388 g/mol. The molecule has 0 radical (unpaired) electrons. The molecule has 0 aliphatic carbocycles. The summed E-state index contributed by atoms with van der Waals surface area (Å²) in [6.07, 6.45) is 2.22. The highest BCUT2D eigenvalue weighted by Gasteiger charge is 2.25. The van der Waals surface area contributed by atoms with E-state index in [1.165, 1.54) is 0 Å². The number of rotatable bonds is 3. The van der Waals surface area contributed by atoms with Crippen molar-refractivity contribution in [3.05, 3.63) is 32.7 Å². The molecule has 3 nitrogen and oxygen atoms in total. The molecule has 1 amide bonds. The molecule has 1 fully saturated rings.